The second kappa shape index (κ2) is 9.10. The summed E-state index contributed by atoms with van der Waals surface area (Å²) in [6.07, 6.45) is -2.92. The SMILES string of the molecule is N#CCCSc1ccccc1NC(=O)c1ccc(OCC(F)(F)F)nc1. The highest BCUT2D eigenvalue weighted by Crippen LogP contribution is 2.28. The van der Waals surface area contributed by atoms with Crippen LogP contribution in [0.2, 0.25) is 0 Å². The number of benzene rings is 1. The summed E-state index contributed by atoms with van der Waals surface area (Å²) in [6.45, 7) is -1.45. The predicted molar refractivity (Wildman–Crippen MR) is 91.1 cm³/mol. The molecule has 0 bridgehead atoms. The van der Waals surface area contributed by atoms with Crippen LogP contribution in [0.3, 0.4) is 0 Å². The molecule has 2 rings (SSSR count). The molecule has 0 spiro atoms. The Hall–Kier alpha value is -2.73. The third kappa shape index (κ3) is 6.29. The van der Waals surface area contributed by atoms with Crippen LogP contribution in [-0.2, 0) is 0 Å². The van der Waals surface area contributed by atoms with E-state index in [4.69, 9.17) is 5.26 Å². The molecule has 1 amide bonds. The van der Waals surface area contributed by atoms with E-state index in [0.29, 0.717) is 17.9 Å². The van der Waals surface area contributed by atoms with Crippen molar-refractivity contribution in [2.24, 2.45) is 0 Å². The Bertz CT molecular complexity index is 789. The summed E-state index contributed by atoms with van der Waals surface area (Å²) in [6, 6.07) is 11.7. The van der Waals surface area contributed by atoms with E-state index in [2.05, 4.69) is 21.1 Å². The van der Waals surface area contributed by atoms with Gasteiger partial charge in [-0.25, -0.2) is 4.98 Å². The molecule has 0 radical (unpaired) electrons. The van der Waals surface area contributed by atoms with E-state index < -0.39 is 18.7 Å². The maximum Gasteiger partial charge on any atom is 0.422 e. The van der Waals surface area contributed by atoms with Crippen molar-refractivity contribution in [2.45, 2.75) is 17.5 Å². The fourth-order valence-electron chi connectivity index (χ4n) is 1.85. The summed E-state index contributed by atoms with van der Waals surface area (Å²) in [4.78, 5) is 16.8. The van der Waals surface area contributed by atoms with E-state index >= 15 is 0 Å². The van der Waals surface area contributed by atoms with Crippen LogP contribution in [-0.4, -0.2) is 29.4 Å². The van der Waals surface area contributed by atoms with Gasteiger partial charge < -0.3 is 10.1 Å². The highest BCUT2D eigenvalue weighted by molar-refractivity contribution is 7.99. The molecule has 1 heterocycles. The molecule has 0 aliphatic rings. The zero-order valence-electron chi connectivity index (χ0n) is 13.4. The Morgan fingerprint density at radius 3 is 2.69 bits per heavy atom. The van der Waals surface area contributed by atoms with Crippen molar-refractivity contribution >= 4 is 23.4 Å². The van der Waals surface area contributed by atoms with Gasteiger partial charge in [-0.2, -0.15) is 18.4 Å². The molecule has 9 heteroatoms. The molecule has 1 aromatic heterocycles. The molecule has 5 nitrogen and oxygen atoms in total. The number of nitrogens with one attached hydrogen (secondary N) is 1. The number of hydrogen-bond donors (Lipinski definition) is 1. The number of carbonyl (C=O) groups is 1. The van der Waals surface area contributed by atoms with Gasteiger partial charge in [-0.1, -0.05) is 12.1 Å². The van der Waals surface area contributed by atoms with Crippen LogP contribution in [0.15, 0.2) is 47.5 Å². The molecule has 0 fully saturated rings. The third-order valence-electron chi connectivity index (χ3n) is 2.99. The van der Waals surface area contributed by atoms with E-state index in [1.807, 2.05) is 12.1 Å². The molecule has 26 heavy (non-hydrogen) atoms. The number of nitrogens with zero attached hydrogens (tertiary/aromatic N) is 2. The van der Waals surface area contributed by atoms with Crippen LogP contribution in [0, 0.1) is 11.3 Å². The van der Waals surface area contributed by atoms with E-state index in [1.165, 1.54) is 23.9 Å². The van der Waals surface area contributed by atoms with Crippen LogP contribution in [0.5, 0.6) is 5.88 Å². The first-order valence-corrected chi connectivity index (χ1v) is 8.43. The quantitative estimate of drug-likeness (QED) is 0.572. The molecule has 1 N–H and O–H groups in total. The van der Waals surface area contributed by atoms with E-state index in [9.17, 15) is 18.0 Å². The van der Waals surface area contributed by atoms with Gasteiger partial charge in [0.15, 0.2) is 6.61 Å². The summed E-state index contributed by atoms with van der Waals surface area (Å²) >= 11 is 1.44. The Labute approximate surface area is 152 Å². The van der Waals surface area contributed by atoms with Crippen molar-refractivity contribution in [1.82, 2.24) is 4.98 Å². The monoisotopic (exact) mass is 381 g/mol. The summed E-state index contributed by atoms with van der Waals surface area (Å²) in [7, 11) is 0. The maximum absolute atomic E-state index is 12.3. The van der Waals surface area contributed by atoms with Gasteiger partial charge in [0, 0.05) is 29.3 Å². The Morgan fingerprint density at radius 2 is 2.04 bits per heavy atom. The zero-order chi connectivity index (χ0) is 19.0. The maximum atomic E-state index is 12.3. The number of amides is 1. The zero-order valence-corrected chi connectivity index (χ0v) is 14.2. The van der Waals surface area contributed by atoms with Gasteiger partial charge in [-0.15, -0.1) is 11.8 Å². The average Bonchev–Trinajstić information content (AvgIpc) is 2.61. The fourth-order valence-corrected chi connectivity index (χ4v) is 2.72. The van der Waals surface area contributed by atoms with Crippen LogP contribution < -0.4 is 10.1 Å². The molecule has 0 saturated heterocycles. The number of para-hydroxylation sites is 1. The number of halogens is 3. The van der Waals surface area contributed by atoms with Crippen molar-refractivity contribution in [3.63, 3.8) is 0 Å². The fraction of sp³-hybridized carbons (Fsp3) is 0.235. The van der Waals surface area contributed by atoms with Crippen LogP contribution in [0.25, 0.3) is 0 Å². The number of ether oxygens (including phenoxy) is 1. The molecule has 0 unspecified atom stereocenters. The highest BCUT2D eigenvalue weighted by Gasteiger charge is 2.28. The van der Waals surface area contributed by atoms with Crippen LogP contribution in [0.1, 0.15) is 16.8 Å². The number of alkyl halides is 3. The Kier molecular flexibility index (Phi) is 6.86. The Balaban J connectivity index is 2.01. The largest absolute Gasteiger partial charge is 0.468 e. The summed E-state index contributed by atoms with van der Waals surface area (Å²) in [5.41, 5.74) is 0.763. The van der Waals surface area contributed by atoms with Crippen molar-refractivity contribution in [3.8, 4) is 11.9 Å². The molecular formula is C17H14F3N3O2S. The molecule has 0 aliphatic carbocycles. The summed E-state index contributed by atoms with van der Waals surface area (Å²) in [5.74, 6) is -0.0737. The first-order chi connectivity index (χ1) is 12.4. The molecule has 1 aromatic carbocycles. The molecular weight excluding hydrogens is 367 g/mol. The molecule has 0 saturated carbocycles. The second-order valence-corrected chi connectivity index (χ2v) is 6.13. The molecule has 0 aliphatic heterocycles. The van der Waals surface area contributed by atoms with Crippen LogP contribution >= 0.6 is 11.8 Å². The molecule has 2 aromatic rings. The van der Waals surface area contributed by atoms with Gasteiger partial charge in [0.2, 0.25) is 5.88 Å². The minimum Gasteiger partial charge on any atom is -0.468 e. The highest BCUT2D eigenvalue weighted by atomic mass is 32.2. The lowest BCUT2D eigenvalue weighted by Crippen LogP contribution is -2.19. The number of anilines is 1. The summed E-state index contributed by atoms with van der Waals surface area (Å²) in [5, 5.41) is 11.3. The lowest BCUT2D eigenvalue weighted by Gasteiger charge is -2.11. The van der Waals surface area contributed by atoms with Crippen molar-refractivity contribution < 1.29 is 22.7 Å². The van der Waals surface area contributed by atoms with Gasteiger partial charge in [0.05, 0.1) is 17.3 Å². The normalized spacial score (nSPS) is 10.8. The Morgan fingerprint density at radius 1 is 1.27 bits per heavy atom. The summed E-state index contributed by atoms with van der Waals surface area (Å²) < 4.78 is 40.8. The number of hydrogen-bond acceptors (Lipinski definition) is 5. The number of carbonyl (C=O) groups excluding carboxylic acids is 1. The standard InChI is InChI=1S/C17H14F3N3O2S/c18-17(19,20)11-25-15-7-6-12(10-22-15)16(24)23-13-4-1-2-5-14(13)26-9-3-8-21/h1-2,4-7,10H,3,9,11H2,(H,23,24). The number of rotatable bonds is 7. The van der Waals surface area contributed by atoms with Gasteiger partial charge in [0.1, 0.15) is 0 Å². The minimum atomic E-state index is -4.45. The molecule has 136 valence electrons. The van der Waals surface area contributed by atoms with Crippen molar-refractivity contribution in [2.75, 3.05) is 17.7 Å². The first-order valence-electron chi connectivity index (χ1n) is 7.45. The topological polar surface area (TPSA) is 75.0 Å². The smallest absolute Gasteiger partial charge is 0.422 e. The van der Waals surface area contributed by atoms with Gasteiger partial charge in [-0.3, -0.25) is 4.79 Å². The number of pyridine rings is 1. The number of nitriles is 1. The van der Waals surface area contributed by atoms with E-state index in [-0.39, 0.29) is 11.4 Å². The second-order valence-electron chi connectivity index (χ2n) is 5.00. The van der Waals surface area contributed by atoms with E-state index in [1.54, 1.807) is 12.1 Å². The average molecular weight is 381 g/mol. The molecule has 0 atom stereocenters. The van der Waals surface area contributed by atoms with Crippen molar-refractivity contribution in [3.05, 3.63) is 48.2 Å². The van der Waals surface area contributed by atoms with Gasteiger partial charge >= 0.3 is 6.18 Å². The minimum absolute atomic E-state index is 0.182. The first kappa shape index (κ1) is 19.6. The number of thioether (sulfide) groups is 1. The van der Waals surface area contributed by atoms with Crippen LogP contribution in [0.4, 0.5) is 18.9 Å². The lowest BCUT2D eigenvalue weighted by atomic mass is 10.2. The predicted octanol–water partition coefficient (Wildman–Crippen LogP) is 4.28. The van der Waals surface area contributed by atoms with Gasteiger partial charge in [0.25, 0.3) is 5.91 Å². The third-order valence-corrected chi connectivity index (χ3v) is 4.06. The van der Waals surface area contributed by atoms with Gasteiger partial charge in [-0.05, 0) is 18.2 Å². The van der Waals surface area contributed by atoms with E-state index in [0.717, 1.165) is 11.1 Å². The number of aromatic nitrogens is 1. The van der Waals surface area contributed by atoms with Crippen molar-refractivity contribution in [1.29, 1.82) is 5.26 Å². The lowest BCUT2D eigenvalue weighted by molar-refractivity contribution is -0.154.